The minimum atomic E-state index is -0.398. The third-order valence-corrected chi connectivity index (χ3v) is 3.17. The van der Waals surface area contributed by atoms with Crippen LogP contribution in [0.15, 0.2) is 18.2 Å². The lowest BCUT2D eigenvalue weighted by molar-refractivity contribution is -0.145. The quantitative estimate of drug-likeness (QED) is 0.779. The van der Waals surface area contributed by atoms with E-state index in [1.54, 1.807) is 18.7 Å². The Kier molecular flexibility index (Phi) is 5.67. The summed E-state index contributed by atoms with van der Waals surface area (Å²) in [6.07, 6.45) is 0. The second kappa shape index (κ2) is 7.03. The van der Waals surface area contributed by atoms with Crippen molar-refractivity contribution in [3.05, 3.63) is 35.1 Å². The van der Waals surface area contributed by atoms with E-state index in [1.165, 1.54) is 25.3 Å². The largest absolute Gasteiger partial charge is 0.469 e. The number of hydrogen-bond acceptors (Lipinski definition) is 3. The molecule has 20 heavy (non-hydrogen) atoms. The maximum absolute atomic E-state index is 13.2. The molecule has 0 spiro atoms. The van der Waals surface area contributed by atoms with Crippen molar-refractivity contribution < 1.29 is 18.7 Å². The van der Waals surface area contributed by atoms with Gasteiger partial charge in [-0.25, -0.2) is 4.39 Å². The molecule has 1 rings (SSSR count). The Hall–Kier alpha value is -1.91. The van der Waals surface area contributed by atoms with Gasteiger partial charge in [-0.2, -0.15) is 0 Å². The number of nitrogens with zero attached hydrogens (tertiary/aromatic N) is 1. The van der Waals surface area contributed by atoms with Crippen molar-refractivity contribution in [2.24, 2.45) is 5.92 Å². The highest BCUT2D eigenvalue weighted by atomic mass is 19.1. The van der Waals surface area contributed by atoms with Gasteiger partial charge in [-0.15, -0.1) is 0 Å². The average molecular weight is 281 g/mol. The van der Waals surface area contributed by atoms with Crippen LogP contribution >= 0.6 is 0 Å². The second-order valence-electron chi connectivity index (χ2n) is 4.73. The maximum Gasteiger partial charge on any atom is 0.310 e. The maximum atomic E-state index is 13.2. The Bertz CT molecular complexity index is 502. The van der Waals surface area contributed by atoms with E-state index in [0.717, 1.165) is 0 Å². The molecule has 4 nitrogen and oxygen atoms in total. The van der Waals surface area contributed by atoms with Gasteiger partial charge in [0.25, 0.3) is 5.91 Å². The fourth-order valence-corrected chi connectivity index (χ4v) is 1.92. The van der Waals surface area contributed by atoms with Crippen molar-refractivity contribution in [1.29, 1.82) is 0 Å². The number of halogens is 1. The van der Waals surface area contributed by atoms with E-state index < -0.39 is 5.92 Å². The lowest BCUT2D eigenvalue weighted by Gasteiger charge is -2.23. The summed E-state index contributed by atoms with van der Waals surface area (Å²) in [6.45, 7) is 5.89. The van der Waals surface area contributed by atoms with Crippen molar-refractivity contribution in [2.75, 3.05) is 20.2 Å². The van der Waals surface area contributed by atoms with Crippen molar-refractivity contribution in [1.82, 2.24) is 4.90 Å². The molecular weight excluding hydrogens is 261 g/mol. The van der Waals surface area contributed by atoms with Gasteiger partial charge in [-0.3, -0.25) is 9.59 Å². The Morgan fingerprint density at radius 1 is 1.40 bits per heavy atom. The van der Waals surface area contributed by atoms with E-state index in [2.05, 4.69) is 4.74 Å². The topological polar surface area (TPSA) is 46.6 Å². The van der Waals surface area contributed by atoms with E-state index in [0.29, 0.717) is 17.7 Å². The van der Waals surface area contributed by atoms with Crippen LogP contribution in [-0.4, -0.2) is 37.0 Å². The monoisotopic (exact) mass is 281 g/mol. The zero-order chi connectivity index (χ0) is 15.3. The molecule has 1 amide bonds. The molecule has 1 unspecified atom stereocenters. The minimum Gasteiger partial charge on any atom is -0.469 e. The summed E-state index contributed by atoms with van der Waals surface area (Å²) in [5.74, 6) is -1.31. The van der Waals surface area contributed by atoms with Gasteiger partial charge in [0.15, 0.2) is 0 Å². The number of hydrogen-bond donors (Lipinski definition) is 0. The molecule has 110 valence electrons. The molecule has 0 N–H and O–H groups in total. The summed E-state index contributed by atoms with van der Waals surface area (Å²) >= 11 is 0. The number of carbonyl (C=O) groups is 2. The van der Waals surface area contributed by atoms with Crippen LogP contribution in [0, 0.1) is 18.7 Å². The lowest BCUT2D eigenvalue weighted by Crippen LogP contribution is -2.37. The summed E-state index contributed by atoms with van der Waals surface area (Å²) in [5, 5.41) is 0. The number of aryl methyl sites for hydroxylation is 1. The molecule has 0 aliphatic rings. The van der Waals surface area contributed by atoms with Crippen LogP contribution in [0.2, 0.25) is 0 Å². The molecule has 1 atom stereocenters. The highest BCUT2D eigenvalue weighted by Crippen LogP contribution is 2.13. The van der Waals surface area contributed by atoms with E-state index in [9.17, 15) is 14.0 Å². The van der Waals surface area contributed by atoms with E-state index in [1.807, 2.05) is 6.92 Å². The molecule has 0 aliphatic heterocycles. The Morgan fingerprint density at radius 2 is 2.05 bits per heavy atom. The summed E-state index contributed by atoms with van der Waals surface area (Å²) in [6, 6.07) is 4.25. The van der Waals surface area contributed by atoms with Gasteiger partial charge in [0.1, 0.15) is 5.82 Å². The van der Waals surface area contributed by atoms with Crippen molar-refractivity contribution in [2.45, 2.75) is 20.8 Å². The predicted molar refractivity (Wildman–Crippen MR) is 73.9 cm³/mol. The normalized spacial score (nSPS) is 11.8. The Labute approximate surface area is 118 Å². The molecule has 0 aliphatic carbocycles. The lowest BCUT2D eigenvalue weighted by atomic mass is 10.1. The van der Waals surface area contributed by atoms with Gasteiger partial charge < -0.3 is 9.64 Å². The highest BCUT2D eigenvalue weighted by Gasteiger charge is 2.21. The Morgan fingerprint density at radius 3 is 2.55 bits per heavy atom. The van der Waals surface area contributed by atoms with Crippen LogP contribution in [0.25, 0.3) is 0 Å². The smallest absolute Gasteiger partial charge is 0.310 e. The molecule has 0 bridgehead atoms. The summed E-state index contributed by atoms with van der Waals surface area (Å²) in [4.78, 5) is 25.3. The van der Waals surface area contributed by atoms with Gasteiger partial charge in [-0.05, 0) is 37.6 Å². The van der Waals surface area contributed by atoms with Crippen LogP contribution in [0.5, 0.6) is 0 Å². The molecule has 1 aromatic carbocycles. The first-order chi connectivity index (χ1) is 9.40. The summed E-state index contributed by atoms with van der Waals surface area (Å²) in [7, 11) is 1.32. The van der Waals surface area contributed by atoms with Crippen LogP contribution in [0.1, 0.15) is 29.8 Å². The molecule has 0 heterocycles. The number of benzene rings is 1. The predicted octanol–water partition coefficient (Wildman–Crippen LogP) is 2.41. The fraction of sp³-hybridized carbons (Fsp3) is 0.467. The van der Waals surface area contributed by atoms with E-state index in [4.69, 9.17) is 0 Å². The number of ether oxygens (including phenoxy) is 1. The first-order valence-corrected chi connectivity index (χ1v) is 6.54. The van der Waals surface area contributed by atoms with Gasteiger partial charge in [0, 0.05) is 18.7 Å². The summed E-state index contributed by atoms with van der Waals surface area (Å²) in [5.41, 5.74) is 0.843. The molecule has 0 radical (unpaired) electrons. The van der Waals surface area contributed by atoms with E-state index in [-0.39, 0.29) is 24.2 Å². The summed E-state index contributed by atoms with van der Waals surface area (Å²) < 4.78 is 17.9. The zero-order valence-corrected chi connectivity index (χ0v) is 12.3. The van der Waals surface area contributed by atoms with Gasteiger partial charge in [-0.1, -0.05) is 6.92 Å². The average Bonchev–Trinajstić information content (AvgIpc) is 2.45. The zero-order valence-electron chi connectivity index (χ0n) is 12.3. The van der Waals surface area contributed by atoms with Gasteiger partial charge >= 0.3 is 5.97 Å². The Balaban J connectivity index is 2.86. The third kappa shape index (κ3) is 3.79. The van der Waals surface area contributed by atoms with Crippen molar-refractivity contribution in [3.8, 4) is 0 Å². The highest BCUT2D eigenvalue weighted by molar-refractivity contribution is 5.94. The van der Waals surface area contributed by atoms with Crippen LogP contribution < -0.4 is 0 Å². The van der Waals surface area contributed by atoms with Crippen LogP contribution in [-0.2, 0) is 9.53 Å². The number of carbonyl (C=O) groups excluding carboxylic acids is 2. The fourth-order valence-electron chi connectivity index (χ4n) is 1.92. The van der Waals surface area contributed by atoms with Crippen molar-refractivity contribution in [3.63, 3.8) is 0 Å². The molecule has 1 aromatic rings. The molecule has 5 heteroatoms. The molecule has 0 aromatic heterocycles. The standard InChI is InChI=1S/C15H20FNO3/c1-5-17(9-11(3)15(19)20-4)14(18)12-6-7-13(16)10(2)8-12/h6-8,11H,5,9H2,1-4H3. The minimum absolute atomic E-state index is 0.216. The second-order valence-corrected chi connectivity index (χ2v) is 4.73. The first-order valence-electron chi connectivity index (χ1n) is 6.54. The molecular formula is C15H20FNO3. The SMILES string of the molecule is CCN(CC(C)C(=O)OC)C(=O)c1ccc(F)c(C)c1. The van der Waals surface area contributed by atoms with Crippen LogP contribution in [0.4, 0.5) is 4.39 Å². The van der Waals surface area contributed by atoms with E-state index >= 15 is 0 Å². The van der Waals surface area contributed by atoms with Crippen molar-refractivity contribution >= 4 is 11.9 Å². The van der Waals surface area contributed by atoms with Gasteiger partial charge in [0.2, 0.25) is 0 Å². The van der Waals surface area contributed by atoms with Gasteiger partial charge in [0.05, 0.1) is 13.0 Å². The first kappa shape index (κ1) is 16.1. The number of methoxy groups -OCH3 is 1. The number of amides is 1. The molecule has 0 saturated heterocycles. The number of esters is 1. The number of rotatable bonds is 5. The third-order valence-electron chi connectivity index (χ3n) is 3.17. The van der Waals surface area contributed by atoms with Crippen LogP contribution in [0.3, 0.4) is 0 Å². The molecule has 0 saturated carbocycles. The molecule has 0 fully saturated rings.